The summed E-state index contributed by atoms with van der Waals surface area (Å²) in [5.74, 6) is -10.2. The van der Waals surface area contributed by atoms with E-state index >= 15 is 0 Å². The maximum absolute atomic E-state index is 13.6. The van der Waals surface area contributed by atoms with E-state index in [-0.39, 0.29) is 11.1 Å². The second kappa shape index (κ2) is 5.69. The molecule has 1 N–H and O–H groups in total. The van der Waals surface area contributed by atoms with Crippen LogP contribution in [-0.4, -0.2) is 5.91 Å². The highest BCUT2D eigenvalue weighted by Gasteiger charge is 2.23. The lowest BCUT2D eigenvalue weighted by Gasteiger charge is -2.09. The minimum absolute atomic E-state index is 0.172. The fourth-order valence-corrected chi connectivity index (χ4v) is 1.70. The van der Waals surface area contributed by atoms with E-state index in [9.17, 15) is 26.7 Å². The predicted molar refractivity (Wildman–Crippen MR) is 65.6 cm³/mol. The van der Waals surface area contributed by atoms with Crippen LogP contribution in [0.2, 0.25) is 5.02 Å². The monoisotopic (exact) mass is 321 g/mol. The molecule has 0 aliphatic heterocycles. The molecule has 0 saturated carbocycles. The lowest BCUT2D eigenvalue weighted by atomic mass is 10.1. The summed E-state index contributed by atoms with van der Waals surface area (Å²) in [6.07, 6.45) is 0. The first-order valence-corrected chi connectivity index (χ1v) is 5.79. The average molecular weight is 322 g/mol. The van der Waals surface area contributed by atoms with Gasteiger partial charge in [-0.15, -0.1) is 0 Å². The second-order valence-electron chi connectivity index (χ2n) is 3.90. The van der Waals surface area contributed by atoms with Crippen molar-refractivity contribution in [3.63, 3.8) is 0 Å². The third kappa shape index (κ3) is 2.82. The minimum atomic E-state index is -2.13. The van der Waals surface area contributed by atoms with Crippen LogP contribution >= 0.6 is 11.6 Å². The second-order valence-corrected chi connectivity index (χ2v) is 4.31. The molecule has 0 bridgehead atoms. The van der Waals surface area contributed by atoms with E-state index in [4.69, 9.17) is 11.6 Å². The molecule has 2 nitrogen and oxygen atoms in total. The fourth-order valence-electron chi connectivity index (χ4n) is 1.53. The van der Waals surface area contributed by atoms with Gasteiger partial charge >= 0.3 is 0 Å². The SMILES string of the molecule is O=C(Nc1cccc(Cl)c1F)c1cc(F)c(F)c(F)c1F. The Bertz CT molecular complexity index is 735. The number of halogens is 6. The van der Waals surface area contributed by atoms with Crippen molar-refractivity contribution >= 4 is 23.2 Å². The zero-order valence-electron chi connectivity index (χ0n) is 9.99. The highest BCUT2D eigenvalue weighted by atomic mass is 35.5. The third-order valence-corrected chi connectivity index (χ3v) is 2.84. The lowest BCUT2D eigenvalue weighted by molar-refractivity contribution is 0.102. The summed E-state index contributed by atoms with van der Waals surface area (Å²) < 4.78 is 65.8. The molecule has 0 aromatic heterocycles. The topological polar surface area (TPSA) is 29.1 Å². The number of carbonyl (C=O) groups is 1. The van der Waals surface area contributed by atoms with Crippen LogP contribution in [0, 0.1) is 29.1 Å². The number of rotatable bonds is 2. The summed E-state index contributed by atoms with van der Waals surface area (Å²) in [5.41, 5.74) is -1.53. The van der Waals surface area contributed by atoms with Crippen molar-refractivity contribution in [3.05, 3.63) is 63.9 Å². The molecule has 0 aliphatic rings. The first kappa shape index (κ1) is 15.2. The average Bonchev–Trinajstić information content (AvgIpc) is 2.45. The lowest BCUT2D eigenvalue weighted by Crippen LogP contribution is -2.17. The van der Waals surface area contributed by atoms with Gasteiger partial charge in [0.05, 0.1) is 16.3 Å². The van der Waals surface area contributed by atoms with Crippen LogP contribution < -0.4 is 5.32 Å². The van der Waals surface area contributed by atoms with Gasteiger partial charge in [-0.25, -0.2) is 22.0 Å². The Morgan fingerprint density at radius 1 is 0.952 bits per heavy atom. The van der Waals surface area contributed by atoms with Gasteiger partial charge in [0.15, 0.2) is 29.1 Å². The molecule has 0 heterocycles. The van der Waals surface area contributed by atoms with Crippen molar-refractivity contribution in [2.24, 2.45) is 0 Å². The molecule has 1 amide bonds. The molecule has 0 saturated heterocycles. The van der Waals surface area contributed by atoms with Crippen molar-refractivity contribution in [1.82, 2.24) is 0 Å². The van der Waals surface area contributed by atoms with Gasteiger partial charge in [0.2, 0.25) is 0 Å². The Morgan fingerprint density at radius 3 is 2.29 bits per heavy atom. The minimum Gasteiger partial charge on any atom is -0.319 e. The number of nitrogens with one attached hydrogen (secondary N) is 1. The summed E-state index contributed by atoms with van der Waals surface area (Å²) in [6, 6.07) is 3.77. The van der Waals surface area contributed by atoms with Crippen molar-refractivity contribution in [3.8, 4) is 0 Å². The normalized spacial score (nSPS) is 10.6. The molecule has 2 aromatic rings. The maximum atomic E-state index is 13.6. The van der Waals surface area contributed by atoms with E-state index < -0.39 is 46.2 Å². The van der Waals surface area contributed by atoms with Crippen molar-refractivity contribution in [2.75, 3.05) is 5.32 Å². The van der Waals surface area contributed by atoms with E-state index in [2.05, 4.69) is 0 Å². The zero-order chi connectivity index (χ0) is 15.7. The Kier molecular flexibility index (Phi) is 4.13. The molecule has 0 fully saturated rings. The van der Waals surface area contributed by atoms with Crippen LogP contribution in [0.25, 0.3) is 0 Å². The zero-order valence-corrected chi connectivity index (χ0v) is 10.7. The number of amides is 1. The third-order valence-electron chi connectivity index (χ3n) is 2.55. The summed E-state index contributed by atoms with van der Waals surface area (Å²) >= 11 is 5.48. The predicted octanol–water partition coefficient (Wildman–Crippen LogP) is 4.29. The van der Waals surface area contributed by atoms with Crippen LogP contribution in [0.4, 0.5) is 27.6 Å². The van der Waals surface area contributed by atoms with Gasteiger partial charge in [-0.05, 0) is 18.2 Å². The molecule has 8 heteroatoms. The summed E-state index contributed by atoms with van der Waals surface area (Å²) in [5, 5.41) is 1.57. The Labute approximate surface area is 120 Å². The van der Waals surface area contributed by atoms with Crippen molar-refractivity contribution in [1.29, 1.82) is 0 Å². The van der Waals surface area contributed by atoms with Crippen LogP contribution in [0.15, 0.2) is 24.3 Å². The van der Waals surface area contributed by atoms with Crippen molar-refractivity contribution in [2.45, 2.75) is 0 Å². The molecular formula is C13H5ClF5NO. The standard InChI is InChI=1S/C13H5ClF5NO/c14-6-2-1-3-8(10(6)17)20-13(21)5-4-7(15)11(18)12(19)9(5)16/h1-4H,(H,20,21). The number of carbonyl (C=O) groups excluding carboxylic acids is 1. The van der Waals surface area contributed by atoms with Gasteiger partial charge in [0.1, 0.15) is 0 Å². The van der Waals surface area contributed by atoms with E-state index in [0.717, 1.165) is 6.07 Å². The molecule has 0 aliphatic carbocycles. The molecule has 21 heavy (non-hydrogen) atoms. The van der Waals surface area contributed by atoms with Gasteiger partial charge < -0.3 is 5.32 Å². The molecule has 0 radical (unpaired) electrons. The number of benzene rings is 2. The van der Waals surface area contributed by atoms with E-state index in [0.29, 0.717) is 0 Å². The molecule has 2 rings (SSSR count). The van der Waals surface area contributed by atoms with Crippen molar-refractivity contribution < 1.29 is 26.7 Å². The van der Waals surface area contributed by atoms with Gasteiger partial charge in [0, 0.05) is 0 Å². The van der Waals surface area contributed by atoms with Gasteiger partial charge in [-0.3, -0.25) is 4.79 Å². The maximum Gasteiger partial charge on any atom is 0.258 e. The van der Waals surface area contributed by atoms with Gasteiger partial charge in [-0.1, -0.05) is 17.7 Å². The molecule has 2 aromatic carbocycles. The highest BCUT2D eigenvalue weighted by molar-refractivity contribution is 6.31. The molecule has 0 atom stereocenters. The van der Waals surface area contributed by atoms with Crippen LogP contribution in [0.5, 0.6) is 0 Å². The summed E-state index contributed by atoms with van der Waals surface area (Å²) in [7, 11) is 0. The number of hydrogen-bond donors (Lipinski definition) is 1. The number of anilines is 1. The largest absolute Gasteiger partial charge is 0.319 e. The van der Waals surface area contributed by atoms with E-state index in [1.54, 1.807) is 0 Å². The first-order valence-electron chi connectivity index (χ1n) is 5.41. The summed E-state index contributed by atoms with van der Waals surface area (Å²) in [6.45, 7) is 0. The van der Waals surface area contributed by atoms with Crippen LogP contribution in [0.3, 0.4) is 0 Å². The molecule has 110 valence electrons. The Morgan fingerprint density at radius 2 is 1.62 bits per heavy atom. The summed E-state index contributed by atoms with van der Waals surface area (Å²) in [4.78, 5) is 11.7. The fraction of sp³-hybridized carbons (Fsp3) is 0. The number of hydrogen-bond acceptors (Lipinski definition) is 1. The smallest absolute Gasteiger partial charge is 0.258 e. The Balaban J connectivity index is 2.40. The highest BCUT2D eigenvalue weighted by Crippen LogP contribution is 2.24. The molecule has 0 unspecified atom stereocenters. The molecular weight excluding hydrogens is 317 g/mol. The Hall–Kier alpha value is -2.15. The quantitative estimate of drug-likeness (QED) is 0.499. The van der Waals surface area contributed by atoms with Crippen LogP contribution in [-0.2, 0) is 0 Å². The van der Waals surface area contributed by atoms with Gasteiger partial charge in [-0.2, -0.15) is 0 Å². The van der Waals surface area contributed by atoms with E-state index in [1.807, 2.05) is 5.32 Å². The molecule has 0 spiro atoms. The van der Waals surface area contributed by atoms with Crippen LogP contribution in [0.1, 0.15) is 10.4 Å². The van der Waals surface area contributed by atoms with Gasteiger partial charge in [0.25, 0.3) is 5.91 Å². The first-order chi connectivity index (χ1) is 9.82. The van der Waals surface area contributed by atoms with E-state index in [1.165, 1.54) is 12.1 Å².